The molecule has 0 bridgehead atoms. The summed E-state index contributed by atoms with van der Waals surface area (Å²) in [6.07, 6.45) is -5.44. The van der Waals surface area contributed by atoms with Crippen LogP contribution < -0.4 is 0 Å². The van der Waals surface area contributed by atoms with E-state index < -0.39 is 54.1 Å². The van der Waals surface area contributed by atoms with Crippen molar-refractivity contribution in [1.82, 2.24) is 4.90 Å². The molecule has 10 nitrogen and oxygen atoms in total. The molecule has 1 rings (SSSR count). The summed E-state index contributed by atoms with van der Waals surface area (Å²) in [5.41, 5.74) is 0. The highest BCUT2D eigenvalue weighted by Crippen LogP contribution is 2.19. The van der Waals surface area contributed by atoms with E-state index in [0.717, 1.165) is 0 Å². The standard InChI is InChI=1S/C9H19NO9S/c11-3-5-9(15)7(14)2-10(5)1-6(13)8(4-12)19-20(16,17)18/h5-9,11-15H,1-4H2,(H,16,17,18)/t5-,6-,7-,8-,9-/m0/s1. The average molecular weight is 317 g/mol. The first-order chi connectivity index (χ1) is 9.19. The molecular formula is C9H19NO9S. The summed E-state index contributed by atoms with van der Waals surface area (Å²) in [5.74, 6) is 0. The average Bonchev–Trinajstić information content (AvgIpc) is 2.60. The summed E-state index contributed by atoms with van der Waals surface area (Å²) in [6, 6.07) is -0.829. The monoisotopic (exact) mass is 317 g/mol. The van der Waals surface area contributed by atoms with Gasteiger partial charge in [-0.3, -0.25) is 9.45 Å². The molecule has 0 aliphatic carbocycles. The van der Waals surface area contributed by atoms with E-state index in [1.807, 2.05) is 0 Å². The van der Waals surface area contributed by atoms with Crippen LogP contribution in [0.15, 0.2) is 0 Å². The van der Waals surface area contributed by atoms with Crippen molar-refractivity contribution in [2.45, 2.75) is 30.5 Å². The Morgan fingerprint density at radius 3 is 2.35 bits per heavy atom. The summed E-state index contributed by atoms with van der Waals surface area (Å²) < 4.78 is 33.7. The zero-order chi connectivity index (χ0) is 15.5. The maximum atomic E-state index is 10.5. The number of aliphatic hydroxyl groups excluding tert-OH is 5. The Kier molecular flexibility index (Phi) is 6.25. The predicted molar refractivity (Wildman–Crippen MR) is 64.0 cm³/mol. The third kappa shape index (κ3) is 4.58. The molecule has 1 aliphatic rings. The minimum absolute atomic E-state index is 0.0481. The van der Waals surface area contributed by atoms with Gasteiger partial charge >= 0.3 is 10.4 Å². The molecule has 0 unspecified atom stereocenters. The van der Waals surface area contributed by atoms with Crippen LogP contribution in [0.4, 0.5) is 0 Å². The smallest absolute Gasteiger partial charge is 0.395 e. The number of aliphatic hydroxyl groups is 5. The number of hydrogen-bond donors (Lipinski definition) is 6. The molecule has 0 aromatic carbocycles. The molecule has 0 spiro atoms. The van der Waals surface area contributed by atoms with E-state index in [9.17, 15) is 23.7 Å². The normalized spacial score (nSPS) is 31.4. The van der Waals surface area contributed by atoms with Crippen molar-refractivity contribution in [2.75, 3.05) is 26.3 Å². The van der Waals surface area contributed by atoms with Crippen molar-refractivity contribution in [3.8, 4) is 0 Å². The van der Waals surface area contributed by atoms with Gasteiger partial charge in [0.05, 0.1) is 37.6 Å². The van der Waals surface area contributed by atoms with Gasteiger partial charge in [0.1, 0.15) is 6.10 Å². The first kappa shape index (κ1) is 17.7. The lowest BCUT2D eigenvalue weighted by molar-refractivity contribution is -0.0283. The quantitative estimate of drug-likeness (QED) is 0.254. The largest absolute Gasteiger partial charge is 0.397 e. The predicted octanol–water partition coefficient (Wildman–Crippen LogP) is -4.07. The van der Waals surface area contributed by atoms with Crippen molar-refractivity contribution < 1.29 is 42.7 Å². The van der Waals surface area contributed by atoms with Crippen molar-refractivity contribution in [2.24, 2.45) is 0 Å². The van der Waals surface area contributed by atoms with E-state index in [1.165, 1.54) is 4.90 Å². The zero-order valence-corrected chi connectivity index (χ0v) is 11.3. The lowest BCUT2D eigenvalue weighted by Crippen LogP contribution is -2.47. The van der Waals surface area contributed by atoms with Crippen LogP contribution in [-0.4, -0.2) is 100 Å². The highest BCUT2D eigenvalue weighted by Gasteiger charge is 2.41. The summed E-state index contributed by atoms with van der Waals surface area (Å²) >= 11 is 0. The minimum Gasteiger partial charge on any atom is -0.395 e. The van der Waals surface area contributed by atoms with Crippen LogP contribution in [0.1, 0.15) is 0 Å². The van der Waals surface area contributed by atoms with Crippen LogP contribution in [0, 0.1) is 0 Å². The fraction of sp³-hybridized carbons (Fsp3) is 1.00. The van der Waals surface area contributed by atoms with Crippen LogP contribution >= 0.6 is 0 Å². The summed E-state index contributed by atoms with van der Waals surface area (Å²) in [4.78, 5) is 1.33. The molecule has 6 N–H and O–H groups in total. The Bertz CT molecular complexity index is 402. The third-order valence-corrected chi connectivity index (χ3v) is 3.63. The van der Waals surface area contributed by atoms with Crippen molar-refractivity contribution in [1.29, 1.82) is 0 Å². The van der Waals surface area contributed by atoms with Crippen molar-refractivity contribution >= 4 is 10.4 Å². The molecule has 1 saturated heterocycles. The summed E-state index contributed by atoms with van der Waals surface area (Å²) in [7, 11) is -4.84. The molecule has 20 heavy (non-hydrogen) atoms. The number of nitrogens with zero attached hydrogens (tertiary/aromatic N) is 1. The van der Waals surface area contributed by atoms with Crippen LogP contribution in [0.25, 0.3) is 0 Å². The Balaban J connectivity index is 2.66. The number of hydrogen-bond acceptors (Lipinski definition) is 9. The molecule has 1 fully saturated rings. The molecule has 0 aromatic rings. The fourth-order valence-corrected chi connectivity index (χ4v) is 2.62. The molecule has 0 amide bonds. The van der Waals surface area contributed by atoms with Gasteiger partial charge in [-0.25, -0.2) is 4.18 Å². The molecular weight excluding hydrogens is 298 g/mol. The van der Waals surface area contributed by atoms with E-state index in [1.54, 1.807) is 0 Å². The second-order valence-corrected chi connectivity index (χ2v) is 5.62. The summed E-state index contributed by atoms with van der Waals surface area (Å²) in [5, 5.41) is 46.9. The van der Waals surface area contributed by atoms with Crippen LogP contribution in [0.2, 0.25) is 0 Å². The van der Waals surface area contributed by atoms with Gasteiger partial charge in [-0.2, -0.15) is 8.42 Å². The van der Waals surface area contributed by atoms with E-state index >= 15 is 0 Å². The fourth-order valence-electron chi connectivity index (χ4n) is 2.12. The van der Waals surface area contributed by atoms with E-state index in [-0.39, 0.29) is 13.1 Å². The zero-order valence-electron chi connectivity index (χ0n) is 10.5. The van der Waals surface area contributed by atoms with Crippen molar-refractivity contribution in [3.63, 3.8) is 0 Å². The van der Waals surface area contributed by atoms with Gasteiger partial charge in [0.15, 0.2) is 0 Å². The van der Waals surface area contributed by atoms with Gasteiger partial charge < -0.3 is 25.5 Å². The molecule has 1 heterocycles. The first-order valence-electron chi connectivity index (χ1n) is 5.85. The van der Waals surface area contributed by atoms with Gasteiger partial charge in [0.25, 0.3) is 0 Å². The third-order valence-electron chi connectivity index (χ3n) is 3.14. The van der Waals surface area contributed by atoms with Gasteiger partial charge in [-0.05, 0) is 0 Å². The van der Waals surface area contributed by atoms with Gasteiger partial charge in [0.2, 0.25) is 0 Å². The molecule has 1 aliphatic heterocycles. The maximum Gasteiger partial charge on any atom is 0.397 e. The number of likely N-dealkylation sites (tertiary alicyclic amines) is 1. The SMILES string of the molecule is O=S(=O)(O)O[C@@H](CO)[C@@H](O)CN1C[C@H](O)[C@@H](O)[C@@H]1CO. The molecule has 120 valence electrons. The topological polar surface area (TPSA) is 168 Å². The first-order valence-corrected chi connectivity index (χ1v) is 7.21. The van der Waals surface area contributed by atoms with Gasteiger partial charge in [-0.1, -0.05) is 0 Å². The Morgan fingerprint density at radius 1 is 1.30 bits per heavy atom. The van der Waals surface area contributed by atoms with E-state index in [0.29, 0.717) is 0 Å². The van der Waals surface area contributed by atoms with Gasteiger partial charge in [0, 0.05) is 13.1 Å². The highest BCUT2D eigenvalue weighted by atomic mass is 32.3. The Labute approximate surface area is 115 Å². The number of β-amino-alcohol motifs (C(OH)–C–C–N with tert-alkyl or cyclic N) is 2. The number of rotatable bonds is 7. The van der Waals surface area contributed by atoms with Gasteiger partial charge in [-0.15, -0.1) is 0 Å². The summed E-state index contributed by atoms with van der Waals surface area (Å²) in [6.45, 7) is -1.68. The molecule has 5 atom stereocenters. The highest BCUT2D eigenvalue weighted by molar-refractivity contribution is 7.80. The van der Waals surface area contributed by atoms with Crippen LogP contribution in [0.3, 0.4) is 0 Å². The molecule has 11 heteroatoms. The van der Waals surface area contributed by atoms with Crippen LogP contribution in [-0.2, 0) is 14.6 Å². The maximum absolute atomic E-state index is 10.5. The molecule has 0 aromatic heterocycles. The molecule has 0 radical (unpaired) electrons. The minimum atomic E-state index is -4.84. The Morgan fingerprint density at radius 2 is 1.90 bits per heavy atom. The van der Waals surface area contributed by atoms with E-state index in [4.69, 9.17) is 14.8 Å². The second kappa shape index (κ2) is 7.06. The lowest BCUT2D eigenvalue weighted by Gasteiger charge is -2.28. The van der Waals surface area contributed by atoms with Crippen LogP contribution in [0.5, 0.6) is 0 Å². The van der Waals surface area contributed by atoms with E-state index in [2.05, 4.69) is 4.18 Å². The van der Waals surface area contributed by atoms with Crippen molar-refractivity contribution in [3.05, 3.63) is 0 Å². The lowest BCUT2D eigenvalue weighted by atomic mass is 10.1. The Hall–Kier alpha value is -0.370. The molecule has 0 saturated carbocycles. The second-order valence-electron chi connectivity index (χ2n) is 4.57.